The molecule has 0 saturated heterocycles. The summed E-state index contributed by atoms with van der Waals surface area (Å²) in [5.74, 6) is 0. The molecule has 3 aromatic carbocycles. The average Bonchev–Trinajstić information content (AvgIpc) is 2.64. The molecule has 3 aromatic rings. The number of rotatable bonds is 5. The highest BCUT2D eigenvalue weighted by molar-refractivity contribution is 5.96. The van der Waals surface area contributed by atoms with Crippen LogP contribution in [0.1, 0.15) is 5.56 Å². The number of nitro groups is 1. The lowest BCUT2D eigenvalue weighted by molar-refractivity contribution is -0.382. The van der Waals surface area contributed by atoms with Gasteiger partial charge in [-0.3, -0.25) is 10.1 Å². The van der Waals surface area contributed by atoms with Gasteiger partial charge in [0.2, 0.25) is 0 Å². The van der Waals surface area contributed by atoms with Gasteiger partial charge in [-0.05, 0) is 23.1 Å². The van der Waals surface area contributed by atoms with Gasteiger partial charge in [0, 0.05) is 6.54 Å². The summed E-state index contributed by atoms with van der Waals surface area (Å²) < 4.78 is 0. The highest BCUT2D eigenvalue weighted by Crippen LogP contribution is 2.33. The second kappa shape index (κ2) is 7.31. The summed E-state index contributed by atoms with van der Waals surface area (Å²) in [6, 6.07) is 19.5. The van der Waals surface area contributed by atoms with Crippen molar-refractivity contribution in [3.05, 3.63) is 82.4 Å². The molecular weight excluding hydrogens is 322 g/mol. The number of carbonyl (C=O) groups is 1. The predicted octanol–water partition coefficient (Wildman–Crippen LogP) is 4.00. The van der Waals surface area contributed by atoms with Crippen molar-refractivity contribution in [3.63, 3.8) is 0 Å². The Kier molecular flexibility index (Phi) is 4.75. The first kappa shape index (κ1) is 16.3. The van der Waals surface area contributed by atoms with Crippen molar-refractivity contribution in [1.29, 1.82) is 0 Å². The smallest absolute Gasteiger partial charge is 0.324 e. The van der Waals surface area contributed by atoms with Crippen molar-refractivity contribution in [3.8, 4) is 0 Å². The molecule has 3 rings (SSSR count). The highest BCUT2D eigenvalue weighted by atomic mass is 16.7. The molecule has 0 unspecified atom stereocenters. The van der Waals surface area contributed by atoms with Crippen molar-refractivity contribution < 1.29 is 14.6 Å². The lowest BCUT2D eigenvalue weighted by atomic mass is 10.1. The van der Waals surface area contributed by atoms with Gasteiger partial charge in [-0.15, -0.1) is 0 Å². The van der Waals surface area contributed by atoms with Gasteiger partial charge < -0.3 is 10.2 Å². The second-order valence-corrected chi connectivity index (χ2v) is 5.27. The molecule has 2 N–H and O–H groups in total. The third-order valence-corrected chi connectivity index (χ3v) is 3.62. The molecule has 7 nitrogen and oxygen atoms in total. The summed E-state index contributed by atoms with van der Waals surface area (Å²) in [6.07, 6.45) is -0.730. The van der Waals surface area contributed by atoms with Crippen molar-refractivity contribution in [2.75, 3.05) is 5.48 Å². The van der Waals surface area contributed by atoms with Gasteiger partial charge in [0.25, 0.3) is 0 Å². The van der Waals surface area contributed by atoms with Crippen molar-refractivity contribution >= 4 is 28.2 Å². The van der Waals surface area contributed by atoms with Gasteiger partial charge in [0.05, 0.1) is 10.3 Å². The van der Waals surface area contributed by atoms with E-state index in [2.05, 4.69) is 10.8 Å². The number of hydrogen-bond donors (Lipinski definition) is 2. The molecular formula is C18H15N3O4. The van der Waals surface area contributed by atoms with E-state index in [4.69, 9.17) is 4.84 Å². The van der Waals surface area contributed by atoms with E-state index in [1.165, 1.54) is 6.07 Å². The predicted molar refractivity (Wildman–Crippen MR) is 94.0 cm³/mol. The van der Waals surface area contributed by atoms with E-state index in [0.717, 1.165) is 10.9 Å². The molecule has 126 valence electrons. The van der Waals surface area contributed by atoms with Crippen molar-refractivity contribution in [2.45, 2.75) is 6.54 Å². The molecule has 0 saturated carbocycles. The zero-order valence-electron chi connectivity index (χ0n) is 13.1. The maximum Gasteiger partial charge on any atom is 0.431 e. The molecule has 0 fully saturated rings. The number of benzene rings is 3. The molecule has 0 bridgehead atoms. The summed E-state index contributed by atoms with van der Waals surface area (Å²) in [7, 11) is 0. The molecule has 0 aliphatic heterocycles. The largest absolute Gasteiger partial charge is 0.431 e. The standard InChI is InChI=1S/C18H15N3O4/c22-18(19-12-13-6-2-1-3-7-13)25-20-16-11-10-14-8-4-5-9-15(14)17(16)21(23)24/h1-11,20H,12H2,(H,19,22). The Morgan fingerprint density at radius 2 is 1.72 bits per heavy atom. The quantitative estimate of drug-likeness (QED) is 0.542. The van der Waals surface area contributed by atoms with Crippen LogP contribution < -0.4 is 10.8 Å². The number of fused-ring (bicyclic) bond motifs is 1. The van der Waals surface area contributed by atoms with Gasteiger partial charge in [-0.25, -0.2) is 10.3 Å². The maximum absolute atomic E-state index is 11.8. The molecule has 0 radical (unpaired) electrons. The van der Waals surface area contributed by atoms with E-state index in [1.54, 1.807) is 30.3 Å². The number of anilines is 1. The third-order valence-electron chi connectivity index (χ3n) is 3.62. The van der Waals surface area contributed by atoms with Crippen LogP contribution in [0.25, 0.3) is 10.8 Å². The molecule has 25 heavy (non-hydrogen) atoms. The van der Waals surface area contributed by atoms with E-state index in [-0.39, 0.29) is 11.4 Å². The van der Waals surface area contributed by atoms with Crippen LogP contribution in [0.5, 0.6) is 0 Å². The highest BCUT2D eigenvalue weighted by Gasteiger charge is 2.19. The Hall–Kier alpha value is -3.61. The van der Waals surface area contributed by atoms with Crippen LogP contribution in [0.4, 0.5) is 16.2 Å². The SMILES string of the molecule is O=C(NCc1ccccc1)ONc1ccc2ccccc2c1[N+](=O)[O-]. The lowest BCUT2D eigenvalue weighted by Crippen LogP contribution is -2.26. The van der Waals surface area contributed by atoms with Crippen molar-refractivity contribution in [2.24, 2.45) is 0 Å². The fourth-order valence-corrected chi connectivity index (χ4v) is 2.44. The topological polar surface area (TPSA) is 93.5 Å². The number of amides is 1. The molecule has 0 aromatic heterocycles. The summed E-state index contributed by atoms with van der Waals surface area (Å²) in [4.78, 5) is 27.6. The number of nitrogens with zero attached hydrogens (tertiary/aromatic N) is 1. The Morgan fingerprint density at radius 1 is 1.00 bits per heavy atom. The van der Waals surface area contributed by atoms with Crippen molar-refractivity contribution in [1.82, 2.24) is 5.32 Å². The van der Waals surface area contributed by atoms with Crippen LogP contribution in [0, 0.1) is 10.1 Å². The molecule has 7 heteroatoms. The first-order valence-electron chi connectivity index (χ1n) is 7.56. The molecule has 0 heterocycles. The van der Waals surface area contributed by atoms with Gasteiger partial charge in [0.1, 0.15) is 0 Å². The maximum atomic E-state index is 11.8. The minimum atomic E-state index is -0.730. The van der Waals surface area contributed by atoms with Crippen LogP contribution in [0.3, 0.4) is 0 Å². The van der Waals surface area contributed by atoms with Crippen LogP contribution >= 0.6 is 0 Å². The van der Waals surface area contributed by atoms with Crippen LogP contribution in [-0.2, 0) is 11.4 Å². The third kappa shape index (κ3) is 3.84. The van der Waals surface area contributed by atoms with E-state index < -0.39 is 11.0 Å². The Labute approximate surface area is 143 Å². The molecule has 1 amide bonds. The van der Waals surface area contributed by atoms with Gasteiger partial charge in [0.15, 0.2) is 5.69 Å². The van der Waals surface area contributed by atoms with E-state index in [9.17, 15) is 14.9 Å². The minimum Gasteiger partial charge on any atom is -0.324 e. The molecule has 0 spiro atoms. The number of hydrogen-bond acceptors (Lipinski definition) is 5. The second-order valence-electron chi connectivity index (χ2n) is 5.27. The fourth-order valence-electron chi connectivity index (χ4n) is 2.44. The number of nitrogens with one attached hydrogen (secondary N) is 2. The molecule has 0 atom stereocenters. The summed E-state index contributed by atoms with van der Waals surface area (Å²) >= 11 is 0. The van der Waals surface area contributed by atoms with Gasteiger partial charge >= 0.3 is 11.8 Å². The van der Waals surface area contributed by atoms with Crippen LogP contribution in [-0.4, -0.2) is 11.0 Å². The Morgan fingerprint density at radius 3 is 2.48 bits per heavy atom. The summed E-state index contributed by atoms with van der Waals surface area (Å²) in [6.45, 7) is 0.293. The van der Waals surface area contributed by atoms with Gasteiger partial charge in [-0.1, -0.05) is 54.6 Å². The lowest BCUT2D eigenvalue weighted by Gasteiger charge is -2.10. The minimum absolute atomic E-state index is 0.110. The Bertz CT molecular complexity index is 913. The number of nitro benzene ring substituents is 1. The fraction of sp³-hybridized carbons (Fsp3) is 0.0556. The van der Waals surface area contributed by atoms with E-state index in [0.29, 0.717) is 11.9 Å². The first-order valence-corrected chi connectivity index (χ1v) is 7.56. The average molecular weight is 337 g/mol. The Balaban J connectivity index is 1.69. The first-order chi connectivity index (χ1) is 12.1. The van der Waals surface area contributed by atoms with Crippen LogP contribution in [0.2, 0.25) is 0 Å². The monoisotopic (exact) mass is 337 g/mol. The normalized spacial score (nSPS) is 10.2. The molecule has 0 aliphatic carbocycles. The number of carbonyl (C=O) groups excluding carboxylic acids is 1. The van der Waals surface area contributed by atoms with Crippen LogP contribution in [0.15, 0.2) is 66.7 Å². The summed E-state index contributed by atoms with van der Waals surface area (Å²) in [5, 5.41) is 15.2. The zero-order chi connectivity index (χ0) is 17.6. The molecule has 0 aliphatic rings. The van der Waals surface area contributed by atoms with Gasteiger partial charge in [-0.2, -0.15) is 0 Å². The zero-order valence-corrected chi connectivity index (χ0v) is 13.1. The summed E-state index contributed by atoms with van der Waals surface area (Å²) in [5.41, 5.74) is 3.25. The van der Waals surface area contributed by atoms with E-state index in [1.807, 2.05) is 30.3 Å². The van der Waals surface area contributed by atoms with E-state index >= 15 is 0 Å².